The van der Waals surface area contributed by atoms with Crippen molar-refractivity contribution in [2.24, 2.45) is 5.73 Å². The van der Waals surface area contributed by atoms with E-state index in [1.165, 1.54) is 11.6 Å². The van der Waals surface area contributed by atoms with Crippen LogP contribution >= 0.6 is 0 Å². The van der Waals surface area contributed by atoms with Crippen molar-refractivity contribution in [1.29, 1.82) is 0 Å². The van der Waals surface area contributed by atoms with E-state index in [1.807, 2.05) is 24.3 Å². The Balaban J connectivity index is 2.06. The van der Waals surface area contributed by atoms with E-state index in [9.17, 15) is 9.59 Å². The quantitative estimate of drug-likeness (QED) is 0.829. The SMILES string of the molecule is CC(C)c1ccc(/C=C/C(=O)Nc2ccccc2C(N)=O)cc1. The third kappa shape index (κ3) is 4.54. The molecule has 4 nitrogen and oxygen atoms in total. The van der Waals surface area contributed by atoms with Crippen LogP contribution in [0, 0.1) is 0 Å². The molecule has 2 rings (SSSR count). The second-order valence-electron chi connectivity index (χ2n) is 5.55. The highest BCUT2D eigenvalue weighted by molar-refractivity contribution is 6.07. The molecular weight excluding hydrogens is 288 g/mol. The molecule has 0 aliphatic carbocycles. The number of carbonyl (C=O) groups is 2. The number of hydrogen-bond acceptors (Lipinski definition) is 2. The number of carbonyl (C=O) groups excluding carboxylic acids is 2. The smallest absolute Gasteiger partial charge is 0.250 e. The van der Waals surface area contributed by atoms with Crippen molar-refractivity contribution in [1.82, 2.24) is 0 Å². The molecule has 0 unspecified atom stereocenters. The summed E-state index contributed by atoms with van der Waals surface area (Å²) in [7, 11) is 0. The van der Waals surface area contributed by atoms with Gasteiger partial charge in [-0.1, -0.05) is 50.2 Å². The van der Waals surface area contributed by atoms with E-state index in [0.717, 1.165) is 5.56 Å². The molecule has 0 aromatic heterocycles. The molecule has 0 saturated carbocycles. The van der Waals surface area contributed by atoms with Gasteiger partial charge in [0.05, 0.1) is 11.3 Å². The zero-order valence-electron chi connectivity index (χ0n) is 13.2. The molecule has 3 N–H and O–H groups in total. The summed E-state index contributed by atoms with van der Waals surface area (Å²) in [6.45, 7) is 4.27. The van der Waals surface area contributed by atoms with Crippen LogP contribution in [-0.2, 0) is 4.79 Å². The van der Waals surface area contributed by atoms with E-state index in [0.29, 0.717) is 11.6 Å². The molecule has 0 aliphatic rings. The average Bonchev–Trinajstić information content (AvgIpc) is 2.53. The van der Waals surface area contributed by atoms with Gasteiger partial charge in [-0.3, -0.25) is 9.59 Å². The van der Waals surface area contributed by atoms with Crippen LogP contribution < -0.4 is 11.1 Å². The van der Waals surface area contributed by atoms with Crippen molar-refractivity contribution in [3.63, 3.8) is 0 Å². The maximum atomic E-state index is 12.0. The Bertz CT molecular complexity index is 731. The number of nitrogens with two attached hydrogens (primary N) is 1. The molecule has 0 fully saturated rings. The number of rotatable bonds is 5. The number of hydrogen-bond donors (Lipinski definition) is 2. The minimum atomic E-state index is -0.575. The third-order valence-electron chi connectivity index (χ3n) is 3.48. The molecular formula is C19H20N2O2. The Kier molecular flexibility index (Phi) is 5.31. The lowest BCUT2D eigenvalue weighted by Gasteiger charge is -2.07. The summed E-state index contributed by atoms with van der Waals surface area (Å²) >= 11 is 0. The van der Waals surface area contributed by atoms with Crippen LogP contribution in [0.1, 0.15) is 41.3 Å². The zero-order chi connectivity index (χ0) is 16.8. The Hall–Kier alpha value is -2.88. The van der Waals surface area contributed by atoms with Gasteiger partial charge in [0, 0.05) is 6.08 Å². The van der Waals surface area contributed by atoms with Crippen molar-refractivity contribution < 1.29 is 9.59 Å². The molecule has 23 heavy (non-hydrogen) atoms. The standard InChI is InChI=1S/C19H20N2O2/c1-13(2)15-10-7-14(8-11-15)9-12-18(22)21-17-6-4-3-5-16(17)19(20)23/h3-13H,1-2H3,(H2,20,23)(H,21,22)/b12-9+. The van der Waals surface area contributed by atoms with Gasteiger partial charge in [-0.05, 0) is 35.3 Å². The average molecular weight is 308 g/mol. The van der Waals surface area contributed by atoms with Crippen molar-refractivity contribution in [2.45, 2.75) is 19.8 Å². The van der Waals surface area contributed by atoms with Crippen LogP contribution in [-0.4, -0.2) is 11.8 Å². The van der Waals surface area contributed by atoms with Gasteiger partial charge in [0.2, 0.25) is 5.91 Å². The van der Waals surface area contributed by atoms with Crippen molar-refractivity contribution in [2.75, 3.05) is 5.32 Å². The highest BCUT2D eigenvalue weighted by atomic mass is 16.2. The van der Waals surface area contributed by atoms with Gasteiger partial charge in [0.15, 0.2) is 0 Å². The minimum absolute atomic E-state index is 0.288. The first kappa shape index (κ1) is 16.5. The van der Waals surface area contributed by atoms with Gasteiger partial charge in [0.25, 0.3) is 5.91 Å². The van der Waals surface area contributed by atoms with E-state index in [2.05, 4.69) is 19.2 Å². The Morgan fingerprint density at radius 1 is 1.04 bits per heavy atom. The van der Waals surface area contributed by atoms with Gasteiger partial charge < -0.3 is 11.1 Å². The molecule has 2 amide bonds. The van der Waals surface area contributed by atoms with E-state index < -0.39 is 5.91 Å². The van der Waals surface area contributed by atoms with Gasteiger partial charge in [-0.25, -0.2) is 0 Å². The van der Waals surface area contributed by atoms with Gasteiger partial charge >= 0.3 is 0 Å². The number of primary amides is 1. The van der Waals surface area contributed by atoms with Crippen LogP contribution in [0.25, 0.3) is 6.08 Å². The molecule has 0 bridgehead atoms. The minimum Gasteiger partial charge on any atom is -0.366 e. The number of anilines is 1. The first-order valence-electron chi connectivity index (χ1n) is 7.45. The van der Waals surface area contributed by atoms with E-state index in [1.54, 1.807) is 30.3 Å². The summed E-state index contributed by atoms with van der Waals surface area (Å²) in [5, 5.41) is 2.67. The zero-order valence-corrected chi connectivity index (χ0v) is 13.2. The van der Waals surface area contributed by atoms with Crippen LogP contribution in [0.3, 0.4) is 0 Å². The molecule has 0 spiro atoms. The lowest BCUT2D eigenvalue weighted by molar-refractivity contribution is -0.111. The fourth-order valence-electron chi connectivity index (χ4n) is 2.15. The second kappa shape index (κ2) is 7.40. The summed E-state index contributed by atoms with van der Waals surface area (Å²) in [5.41, 5.74) is 8.17. The molecule has 0 aliphatic heterocycles. The lowest BCUT2D eigenvalue weighted by atomic mass is 10.0. The van der Waals surface area contributed by atoms with E-state index in [-0.39, 0.29) is 11.5 Å². The molecule has 4 heteroatoms. The third-order valence-corrected chi connectivity index (χ3v) is 3.48. The van der Waals surface area contributed by atoms with Gasteiger partial charge in [-0.15, -0.1) is 0 Å². The lowest BCUT2D eigenvalue weighted by Crippen LogP contribution is -2.16. The van der Waals surface area contributed by atoms with Gasteiger partial charge in [0.1, 0.15) is 0 Å². The second-order valence-corrected chi connectivity index (χ2v) is 5.55. The monoisotopic (exact) mass is 308 g/mol. The number of para-hydroxylation sites is 1. The maximum Gasteiger partial charge on any atom is 0.250 e. The van der Waals surface area contributed by atoms with E-state index in [4.69, 9.17) is 5.73 Å². The predicted molar refractivity (Wildman–Crippen MR) is 93.2 cm³/mol. The Morgan fingerprint density at radius 3 is 2.30 bits per heavy atom. The summed E-state index contributed by atoms with van der Waals surface area (Å²) in [6.07, 6.45) is 3.16. The fourth-order valence-corrected chi connectivity index (χ4v) is 2.15. The van der Waals surface area contributed by atoms with Crippen molar-refractivity contribution in [3.05, 3.63) is 71.3 Å². The van der Waals surface area contributed by atoms with Crippen LogP contribution in [0.4, 0.5) is 5.69 Å². The van der Waals surface area contributed by atoms with Crippen LogP contribution in [0.15, 0.2) is 54.6 Å². The predicted octanol–water partition coefficient (Wildman–Crippen LogP) is 3.56. The molecule has 0 heterocycles. The van der Waals surface area contributed by atoms with Crippen LogP contribution in [0.5, 0.6) is 0 Å². The number of amides is 2. The molecule has 2 aromatic rings. The summed E-state index contributed by atoms with van der Waals surface area (Å²) in [5.74, 6) is -0.414. The first-order valence-corrected chi connectivity index (χ1v) is 7.45. The number of benzene rings is 2. The topological polar surface area (TPSA) is 72.2 Å². The van der Waals surface area contributed by atoms with Crippen LogP contribution in [0.2, 0.25) is 0 Å². The fraction of sp³-hybridized carbons (Fsp3) is 0.158. The highest BCUT2D eigenvalue weighted by Crippen LogP contribution is 2.16. The molecule has 0 saturated heterocycles. The molecule has 2 aromatic carbocycles. The maximum absolute atomic E-state index is 12.0. The summed E-state index contributed by atoms with van der Waals surface area (Å²) < 4.78 is 0. The van der Waals surface area contributed by atoms with E-state index >= 15 is 0 Å². The number of nitrogens with one attached hydrogen (secondary N) is 1. The summed E-state index contributed by atoms with van der Waals surface area (Å²) in [6, 6.07) is 14.7. The normalized spacial score (nSPS) is 10.9. The molecule has 0 atom stereocenters. The Morgan fingerprint density at radius 2 is 1.70 bits per heavy atom. The Labute approximate surface area is 136 Å². The first-order chi connectivity index (χ1) is 11.0. The molecule has 0 radical (unpaired) electrons. The van der Waals surface area contributed by atoms with Crippen molar-refractivity contribution >= 4 is 23.6 Å². The molecule has 118 valence electrons. The summed E-state index contributed by atoms with van der Waals surface area (Å²) in [4.78, 5) is 23.3. The largest absolute Gasteiger partial charge is 0.366 e. The van der Waals surface area contributed by atoms with Gasteiger partial charge in [-0.2, -0.15) is 0 Å². The highest BCUT2D eigenvalue weighted by Gasteiger charge is 2.08. The van der Waals surface area contributed by atoms with Crippen molar-refractivity contribution in [3.8, 4) is 0 Å².